The molecule has 0 bridgehead atoms. The zero-order chi connectivity index (χ0) is 16.9. The first-order chi connectivity index (χ1) is 11.6. The van der Waals surface area contributed by atoms with Crippen molar-refractivity contribution in [1.82, 2.24) is 9.88 Å². The number of amides is 1. The molecule has 4 nitrogen and oxygen atoms in total. The summed E-state index contributed by atoms with van der Waals surface area (Å²) in [7, 11) is 0. The number of ether oxygens (including phenoxy) is 1. The van der Waals surface area contributed by atoms with Crippen molar-refractivity contribution in [3.05, 3.63) is 66.2 Å². The van der Waals surface area contributed by atoms with E-state index in [0.717, 1.165) is 11.1 Å². The molecule has 2 aromatic rings. The highest BCUT2D eigenvalue weighted by atomic mass is 19.1. The van der Waals surface area contributed by atoms with Crippen LogP contribution in [-0.2, 0) is 4.79 Å². The van der Waals surface area contributed by atoms with Gasteiger partial charge in [-0.3, -0.25) is 9.78 Å². The maximum Gasteiger partial charge on any atom is 0.263 e. The molecular weight excluding hydrogens is 307 g/mol. The number of aromatic nitrogens is 1. The number of carbonyl (C=O) groups excluding carboxylic acids is 1. The zero-order valence-electron chi connectivity index (χ0n) is 13.5. The quantitative estimate of drug-likeness (QED) is 0.866. The van der Waals surface area contributed by atoms with Crippen LogP contribution in [0.4, 0.5) is 4.39 Å². The summed E-state index contributed by atoms with van der Waals surface area (Å²) in [5, 5.41) is 0. The first-order valence-electron chi connectivity index (χ1n) is 7.94. The molecule has 2 heterocycles. The molecule has 1 aliphatic heterocycles. The third kappa shape index (κ3) is 3.79. The van der Waals surface area contributed by atoms with Crippen molar-refractivity contribution in [2.75, 3.05) is 13.1 Å². The van der Waals surface area contributed by atoms with E-state index in [2.05, 4.69) is 4.98 Å². The minimum Gasteiger partial charge on any atom is -0.479 e. The van der Waals surface area contributed by atoms with E-state index in [4.69, 9.17) is 4.74 Å². The second-order valence-corrected chi connectivity index (χ2v) is 5.72. The molecule has 1 aromatic heterocycles. The number of carbonyl (C=O) groups is 1. The van der Waals surface area contributed by atoms with Crippen molar-refractivity contribution >= 4 is 11.5 Å². The molecule has 0 radical (unpaired) electrons. The Labute approximate surface area is 140 Å². The molecule has 1 aromatic carbocycles. The van der Waals surface area contributed by atoms with Gasteiger partial charge in [-0.15, -0.1) is 0 Å². The lowest BCUT2D eigenvalue weighted by atomic mass is 9.99. The number of pyridine rings is 1. The Bertz CT molecular complexity index is 746. The molecule has 1 amide bonds. The summed E-state index contributed by atoms with van der Waals surface area (Å²) in [5.41, 5.74) is 1.95. The van der Waals surface area contributed by atoms with Gasteiger partial charge in [0.25, 0.3) is 5.91 Å². The van der Waals surface area contributed by atoms with Gasteiger partial charge in [0.05, 0.1) is 6.20 Å². The Morgan fingerprint density at radius 1 is 1.33 bits per heavy atom. The fraction of sp³-hybridized carbons (Fsp3) is 0.263. The van der Waals surface area contributed by atoms with Gasteiger partial charge in [0, 0.05) is 19.3 Å². The summed E-state index contributed by atoms with van der Waals surface area (Å²) in [4.78, 5) is 18.2. The summed E-state index contributed by atoms with van der Waals surface area (Å²) in [6, 6.07) is 10.1. The van der Waals surface area contributed by atoms with Crippen molar-refractivity contribution < 1.29 is 13.9 Å². The fourth-order valence-electron chi connectivity index (χ4n) is 2.75. The van der Waals surface area contributed by atoms with E-state index in [1.54, 1.807) is 42.4 Å². The van der Waals surface area contributed by atoms with Crippen molar-refractivity contribution in [2.45, 2.75) is 19.4 Å². The van der Waals surface area contributed by atoms with Gasteiger partial charge < -0.3 is 9.64 Å². The second kappa shape index (κ2) is 7.25. The predicted molar refractivity (Wildman–Crippen MR) is 89.9 cm³/mol. The van der Waals surface area contributed by atoms with Crippen LogP contribution in [0.2, 0.25) is 0 Å². The molecule has 124 valence electrons. The van der Waals surface area contributed by atoms with E-state index < -0.39 is 6.10 Å². The molecule has 0 saturated heterocycles. The Balaban J connectivity index is 1.62. The summed E-state index contributed by atoms with van der Waals surface area (Å²) >= 11 is 0. The number of nitrogens with zero attached hydrogens (tertiary/aromatic N) is 2. The minimum atomic E-state index is -0.571. The third-order valence-electron chi connectivity index (χ3n) is 4.01. The summed E-state index contributed by atoms with van der Waals surface area (Å²) in [6.45, 7) is 2.84. The van der Waals surface area contributed by atoms with Gasteiger partial charge in [-0.1, -0.05) is 18.2 Å². The van der Waals surface area contributed by atoms with E-state index >= 15 is 0 Å². The van der Waals surface area contributed by atoms with E-state index in [1.165, 1.54) is 12.1 Å². The van der Waals surface area contributed by atoms with Crippen LogP contribution in [0.15, 0.2) is 54.9 Å². The van der Waals surface area contributed by atoms with Crippen LogP contribution in [0.5, 0.6) is 5.75 Å². The molecule has 1 atom stereocenters. The van der Waals surface area contributed by atoms with Gasteiger partial charge in [-0.2, -0.15) is 0 Å². The average molecular weight is 326 g/mol. The lowest BCUT2D eigenvalue weighted by molar-refractivity contribution is -0.137. The Hall–Kier alpha value is -2.69. The lowest BCUT2D eigenvalue weighted by Gasteiger charge is -2.29. The summed E-state index contributed by atoms with van der Waals surface area (Å²) in [6.07, 6.45) is 5.35. The fourth-order valence-corrected chi connectivity index (χ4v) is 2.75. The topological polar surface area (TPSA) is 42.4 Å². The lowest BCUT2D eigenvalue weighted by Crippen LogP contribution is -2.42. The molecule has 0 saturated carbocycles. The third-order valence-corrected chi connectivity index (χ3v) is 4.01. The molecule has 0 spiro atoms. The van der Waals surface area contributed by atoms with Crippen molar-refractivity contribution in [2.24, 2.45) is 0 Å². The van der Waals surface area contributed by atoms with E-state index in [1.807, 2.05) is 12.1 Å². The zero-order valence-corrected chi connectivity index (χ0v) is 13.5. The number of hydrogen-bond donors (Lipinski definition) is 0. The number of halogens is 1. The highest BCUT2D eigenvalue weighted by molar-refractivity contribution is 5.82. The molecule has 3 rings (SSSR count). The van der Waals surface area contributed by atoms with Gasteiger partial charge in [0.15, 0.2) is 6.10 Å². The van der Waals surface area contributed by atoms with Crippen LogP contribution in [0, 0.1) is 5.82 Å². The van der Waals surface area contributed by atoms with Crippen LogP contribution in [0.25, 0.3) is 5.57 Å². The van der Waals surface area contributed by atoms with E-state index in [0.29, 0.717) is 25.3 Å². The number of benzene rings is 1. The van der Waals surface area contributed by atoms with Gasteiger partial charge in [-0.25, -0.2) is 4.39 Å². The highest BCUT2D eigenvalue weighted by Gasteiger charge is 2.24. The number of hydrogen-bond acceptors (Lipinski definition) is 3. The monoisotopic (exact) mass is 326 g/mol. The first-order valence-corrected chi connectivity index (χ1v) is 7.94. The first kappa shape index (κ1) is 16.2. The largest absolute Gasteiger partial charge is 0.479 e. The standard InChI is InChI=1S/C19H19FN2O2/c1-14(24-18-6-3-9-21-13-18)19(23)22-10-7-15(8-11-22)16-4-2-5-17(20)12-16/h2-7,9,12-14H,8,10-11H2,1H3. The second-order valence-electron chi connectivity index (χ2n) is 5.72. The summed E-state index contributed by atoms with van der Waals surface area (Å²) in [5.74, 6) is 0.269. The molecule has 0 N–H and O–H groups in total. The molecule has 0 aliphatic carbocycles. The van der Waals surface area contributed by atoms with Crippen LogP contribution in [-0.4, -0.2) is 35.0 Å². The Morgan fingerprint density at radius 2 is 2.21 bits per heavy atom. The van der Waals surface area contributed by atoms with Gasteiger partial charge >= 0.3 is 0 Å². The van der Waals surface area contributed by atoms with Crippen molar-refractivity contribution in [1.29, 1.82) is 0 Å². The van der Waals surface area contributed by atoms with Gasteiger partial charge in [0.2, 0.25) is 0 Å². The molecule has 24 heavy (non-hydrogen) atoms. The molecule has 0 fully saturated rings. The smallest absolute Gasteiger partial charge is 0.263 e. The van der Waals surface area contributed by atoms with Gasteiger partial charge in [0.1, 0.15) is 11.6 Å². The molecule has 1 unspecified atom stereocenters. The SMILES string of the molecule is CC(Oc1cccnc1)C(=O)N1CC=C(c2cccc(F)c2)CC1. The van der Waals surface area contributed by atoms with E-state index in [-0.39, 0.29) is 11.7 Å². The van der Waals surface area contributed by atoms with Crippen LogP contribution >= 0.6 is 0 Å². The molecular formula is C19H19FN2O2. The molecule has 1 aliphatic rings. The van der Waals surface area contributed by atoms with Crippen LogP contribution < -0.4 is 4.74 Å². The Morgan fingerprint density at radius 3 is 2.88 bits per heavy atom. The normalized spacial score (nSPS) is 15.6. The summed E-state index contributed by atoms with van der Waals surface area (Å²) < 4.78 is 19.0. The number of rotatable bonds is 4. The predicted octanol–water partition coefficient (Wildman–Crippen LogP) is 3.30. The average Bonchev–Trinajstić information content (AvgIpc) is 2.62. The van der Waals surface area contributed by atoms with Crippen LogP contribution in [0.1, 0.15) is 18.9 Å². The van der Waals surface area contributed by atoms with Crippen LogP contribution in [0.3, 0.4) is 0 Å². The van der Waals surface area contributed by atoms with Crippen molar-refractivity contribution in [3.8, 4) is 5.75 Å². The van der Waals surface area contributed by atoms with Gasteiger partial charge in [-0.05, 0) is 48.7 Å². The Kier molecular flexibility index (Phi) is 4.89. The molecule has 5 heteroatoms. The maximum atomic E-state index is 13.3. The highest BCUT2D eigenvalue weighted by Crippen LogP contribution is 2.23. The van der Waals surface area contributed by atoms with Crippen molar-refractivity contribution in [3.63, 3.8) is 0 Å². The maximum absolute atomic E-state index is 13.3. The minimum absolute atomic E-state index is 0.0617. The van der Waals surface area contributed by atoms with E-state index in [9.17, 15) is 9.18 Å².